The fourth-order valence-corrected chi connectivity index (χ4v) is 8.64. The van der Waals surface area contributed by atoms with Crippen molar-refractivity contribution in [3.05, 3.63) is 186 Å². The molecule has 0 atom stereocenters. The lowest BCUT2D eigenvalue weighted by molar-refractivity contribution is 0.414. The molecule has 0 fully saturated rings. The molecule has 4 heteroatoms. The summed E-state index contributed by atoms with van der Waals surface area (Å²) < 4.78 is 10.9. The lowest BCUT2D eigenvalue weighted by Crippen LogP contribution is -2.16. The maximum atomic E-state index is 12.7. The zero-order chi connectivity index (χ0) is 47.9. The van der Waals surface area contributed by atoms with Gasteiger partial charge in [-0.2, -0.15) is 0 Å². The Bertz CT molecular complexity index is 2610. The molecule has 1 aliphatic rings. The fraction of sp³-hybridized carbons (Fsp3) is 0.355. The van der Waals surface area contributed by atoms with Crippen molar-refractivity contribution in [1.82, 2.24) is 0 Å². The first-order valence-electron chi connectivity index (χ1n) is 23.3. The summed E-state index contributed by atoms with van der Waals surface area (Å²) >= 11 is 0. The first-order chi connectivity index (χ1) is 30.9. The molecule has 0 radical (unpaired) electrons. The van der Waals surface area contributed by atoms with Crippen molar-refractivity contribution in [2.75, 3.05) is 14.2 Å². The smallest absolute Gasteiger partial charge is 0.122 e. The Morgan fingerprint density at radius 2 is 0.576 bits per heavy atom. The van der Waals surface area contributed by atoms with Crippen LogP contribution in [0.2, 0.25) is 0 Å². The van der Waals surface area contributed by atoms with Gasteiger partial charge in [-0.25, -0.2) is 0 Å². The molecule has 2 N–H and O–H groups in total. The van der Waals surface area contributed by atoms with Crippen LogP contribution in [0, 0.1) is 23.7 Å². The molecule has 0 saturated heterocycles. The molecule has 0 unspecified atom stereocenters. The number of fused-ring (bicyclic) bond motifs is 8. The minimum Gasteiger partial charge on any atom is -0.507 e. The van der Waals surface area contributed by atoms with Crippen LogP contribution in [-0.4, -0.2) is 24.4 Å². The van der Waals surface area contributed by atoms with Crippen molar-refractivity contribution in [1.29, 1.82) is 0 Å². The molecular weight excluding hydrogens is 809 g/mol. The van der Waals surface area contributed by atoms with Crippen LogP contribution in [0.5, 0.6) is 23.0 Å². The number of phenolic OH excluding ortho intramolecular Hbond substituents is 2. The molecular formula is C62H68O4. The zero-order valence-electron chi connectivity index (χ0n) is 41.8. The first-order valence-corrected chi connectivity index (χ1v) is 23.3. The number of hydrogen-bond donors (Lipinski definition) is 2. The zero-order valence-corrected chi connectivity index (χ0v) is 41.8. The van der Waals surface area contributed by atoms with Crippen LogP contribution in [0.4, 0.5) is 0 Å². The first kappa shape index (κ1) is 47.6. The Morgan fingerprint density at radius 3 is 0.788 bits per heavy atom. The van der Waals surface area contributed by atoms with Crippen LogP contribution < -0.4 is 9.47 Å². The Balaban J connectivity index is 1.59. The molecule has 0 amide bonds. The Labute approximate surface area is 395 Å². The van der Waals surface area contributed by atoms with Gasteiger partial charge in [-0.05, 0) is 137 Å². The molecule has 6 aromatic carbocycles. The standard InChI is InChI=1S/C62H68O4/c1-59(2,3)49-31-41-27-45-35-51(61(7,8)9)37-47(57(45)63)29-43-33-50(60(4,5)6)34-44(56(43)26-20-40-17-23-54(66-14)24-18-40)30-48-38-52(62(10,11)12)36-46(58(48)64)28-42(32-49)55(41)25-19-39-15-21-53(65-13)22-16-39/h15-18,21-24,31-38,63-64H,27-30H2,1-14H3. The molecule has 4 nitrogen and oxygen atoms in total. The van der Waals surface area contributed by atoms with Crippen molar-refractivity contribution in [3.8, 4) is 46.7 Å². The van der Waals surface area contributed by atoms with Gasteiger partial charge in [0.2, 0.25) is 0 Å². The number of methoxy groups -OCH3 is 2. The number of hydrogen-bond acceptors (Lipinski definition) is 4. The van der Waals surface area contributed by atoms with Crippen molar-refractivity contribution in [2.45, 2.75) is 130 Å². The fourth-order valence-electron chi connectivity index (χ4n) is 8.64. The van der Waals surface area contributed by atoms with Crippen molar-refractivity contribution in [2.24, 2.45) is 0 Å². The van der Waals surface area contributed by atoms with Crippen molar-refractivity contribution < 1.29 is 19.7 Å². The van der Waals surface area contributed by atoms with E-state index in [1.54, 1.807) is 14.2 Å². The van der Waals surface area contributed by atoms with Crippen LogP contribution in [-0.2, 0) is 47.3 Å². The van der Waals surface area contributed by atoms with E-state index in [0.29, 0.717) is 37.2 Å². The maximum Gasteiger partial charge on any atom is 0.122 e. The van der Waals surface area contributed by atoms with Crippen LogP contribution in [0.3, 0.4) is 0 Å². The van der Waals surface area contributed by atoms with Gasteiger partial charge < -0.3 is 19.7 Å². The monoisotopic (exact) mass is 877 g/mol. The van der Waals surface area contributed by atoms with E-state index in [1.807, 2.05) is 48.5 Å². The van der Waals surface area contributed by atoms with Gasteiger partial charge in [0.25, 0.3) is 0 Å². The Hall–Kier alpha value is -6.36. The van der Waals surface area contributed by atoms with E-state index in [9.17, 15) is 10.2 Å². The van der Waals surface area contributed by atoms with Gasteiger partial charge in [-0.15, -0.1) is 0 Å². The maximum absolute atomic E-state index is 12.7. The second kappa shape index (κ2) is 18.1. The summed E-state index contributed by atoms with van der Waals surface area (Å²) in [5.41, 5.74) is 15.0. The average molecular weight is 877 g/mol. The molecule has 66 heavy (non-hydrogen) atoms. The van der Waals surface area contributed by atoms with E-state index in [2.05, 4.69) is 155 Å². The summed E-state index contributed by atoms with van der Waals surface area (Å²) in [5, 5.41) is 25.4. The molecule has 0 aliphatic heterocycles. The van der Waals surface area contributed by atoms with E-state index >= 15 is 0 Å². The van der Waals surface area contributed by atoms with E-state index in [-0.39, 0.29) is 21.7 Å². The molecule has 0 aromatic heterocycles. The molecule has 0 spiro atoms. The largest absolute Gasteiger partial charge is 0.507 e. The van der Waals surface area contributed by atoms with Crippen molar-refractivity contribution >= 4 is 0 Å². The van der Waals surface area contributed by atoms with Crippen LogP contribution in [0.1, 0.15) is 172 Å². The second-order valence-corrected chi connectivity index (χ2v) is 22.3. The predicted molar refractivity (Wildman–Crippen MR) is 273 cm³/mol. The number of aromatic hydroxyl groups is 2. The van der Waals surface area contributed by atoms with Crippen LogP contribution in [0.15, 0.2) is 97.1 Å². The third-order valence-corrected chi connectivity index (χ3v) is 13.0. The molecule has 1 aliphatic carbocycles. The summed E-state index contributed by atoms with van der Waals surface area (Å²) in [6.07, 6.45) is 1.85. The average Bonchev–Trinajstić information content (AvgIpc) is 3.24. The quantitative estimate of drug-likeness (QED) is 0.170. The van der Waals surface area contributed by atoms with Gasteiger partial charge in [0.05, 0.1) is 14.2 Å². The van der Waals surface area contributed by atoms with Gasteiger partial charge in [0.15, 0.2) is 0 Å². The minimum absolute atomic E-state index is 0.191. The number of benzene rings is 6. The summed E-state index contributed by atoms with van der Waals surface area (Å²) in [7, 11) is 3.34. The third kappa shape index (κ3) is 10.7. The van der Waals surface area contributed by atoms with Crippen molar-refractivity contribution in [3.63, 3.8) is 0 Å². The normalized spacial score (nSPS) is 12.9. The van der Waals surface area contributed by atoms with E-state index in [1.165, 1.54) is 11.1 Å². The summed E-state index contributed by atoms with van der Waals surface area (Å²) in [4.78, 5) is 0. The lowest BCUT2D eigenvalue weighted by Gasteiger charge is -2.27. The highest BCUT2D eigenvalue weighted by Gasteiger charge is 2.27. The highest BCUT2D eigenvalue weighted by atomic mass is 16.5. The molecule has 8 bridgehead atoms. The topological polar surface area (TPSA) is 58.9 Å². The van der Waals surface area contributed by atoms with Gasteiger partial charge in [-0.1, -0.05) is 155 Å². The Kier molecular flexibility index (Phi) is 13.1. The highest BCUT2D eigenvalue weighted by Crippen LogP contribution is 2.41. The Morgan fingerprint density at radius 1 is 0.348 bits per heavy atom. The lowest BCUT2D eigenvalue weighted by atomic mass is 9.78. The second-order valence-electron chi connectivity index (χ2n) is 22.3. The number of rotatable bonds is 2. The molecule has 6 aromatic rings. The van der Waals surface area contributed by atoms with Crippen LogP contribution >= 0.6 is 0 Å². The van der Waals surface area contributed by atoms with Gasteiger partial charge in [0, 0.05) is 47.9 Å². The molecule has 0 saturated carbocycles. The van der Waals surface area contributed by atoms with Gasteiger partial charge in [-0.3, -0.25) is 0 Å². The number of ether oxygens (including phenoxy) is 2. The van der Waals surface area contributed by atoms with E-state index in [0.717, 1.165) is 89.4 Å². The predicted octanol–water partition coefficient (Wildman–Crippen LogP) is 13.8. The minimum atomic E-state index is -0.201. The number of phenols is 2. The van der Waals surface area contributed by atoms with Crippen LogP contribution in [0.25, 0.3) is 0 Å². The summed E-state index contributed by atoms with van der Waals surface area (Å²) in [5.74, 6) is 16.4. The van der Waals surface area contributed by atoms with E-state index in [4.69, 9.17) is 9.47 Å². The molecule has 7 rings (SSSR count). The highest BCUT2D eigenvalue weighted by molar-refractivity contribution is 5.62. The SMILES string of the molecule is COc1ccc(C#Cc2c3cc(C(C)(C)C)cc2Cc2cc(C(C)(C)C)cc(c2O)Cc2cc(C(C)(C)C)cc(c2C#Cc2ccc(OC)cc2)Cc2cc(C(C)(C)C)cc(c2O)C3)cc1. The summed E-state index contributed by atoms with van der Waals surface area (Å²) in [6, 6.07) is 33.6. The molecule has 340 valence electrons. The summed E-state index contributed by atoms with van der Waals surface area (Å²) in [6.45, 7) is 26.9. The third-order valence-electron chi connectivity index (χ3n) is 13.0. The van der Waals surface area contributed by atoms with Gasteiger partial charge in [0.1, 0.15) is 23.0 Å². The molecule has 0 heterocycles. The van der Waals surface area contributed by atoms with Gasteiger partial charge >= 0.3 is 0 Å². The van der Waals surface area contributed by atoms with E-state index < -0.39 is 0 Å².